The summed E-state index contributed by atoms with van der Waals surface area (Å²) in [5, 5.41) is 21.9. The minimum Gasteiger partial charge on any atom is -0.467 e. The van der Waals surface area contributed by atoms with Crippen molar-refractivity contribution in [3.63, 3.8) is 0 Å². The van der Waals surface area contributed by atoms with Gasteiger partial charge in [-0.15, -0.1) is 10.2 Å². The second-order valence-electron chi connectivity index (χ2n) is 7.76. The fraction of sp³-hybridized carbons (Fsp3) is 0.364. The van der Waals surface area contributed by atoms with Gasteiger partial charge < -0.3 is 14.6 Å². The Morgan fingerprint density at radius 1 is 1.34 bits per heavy atom. The molecule has 1 aliphatic heterocycles. The summed E-state index contributed by atoms with van der Waals surface area (Å²) < 4.78 is 7.53. The Labute approximate surface area is 195 Å². The van der Waals surface area contributed by atoms with E-state index in [0.717, 1.165) is 37.6 Å². The predicted octanol–water partition coefficient (Wildman–Crippen LogP) is 4.41. The van der Waals surface area contributed by atoms with Crippen LogP contribution < -0.4 is 10.2 Å². The number of benzene rings is 1. The van der Waals surface area contributed by atoms with E-state index >= 15 is 0 Å². The normalized spacial score (nSPS) is 14.3. The molecule has 1 amide bonds. The first-order chi connectivity index (χ1) is 15.5. The molecule has 0 saturated carbocycles. The molecule has 1 saturated heterocycles. The molecule has 1 N–H and O–H groups in total. The summed E-state index contributed by atoms with van der Waals surface area (Å²) in [5.41, 5.74) is 0.751. The molecule has 8 nitrogen and oxygen atoms in total. The molecule has 3 aromatic rings. The fourth-order valence-corrected chi connectivity index (χ4v) is 4.47. The van der Waals surface area contributed by atoms with Crippen molar-refractivity contribution >= 4 is 40.9 Å². The van der Waals surface area contributed by atoms with Crippen LogP contribution in [0.3, 0.4) is 0 Å². The Bertz CT molecular complexity index is 1120. The number of anilines is 2. The van der Waals surface area contributed by atoms with Crippen molar-refractivity contribution in [2.75, 3.05) is 29.1 Å². The minimum absolute atomic E-state index is 0.116. The van der Waals surface area contributed by atoms with Crippen LogP contribution in [0.4, 0.5) is 11.6 Å². The van der Waals surface area contributed by atoms with Crippen LogP contribution in [-0.4, -0.2) is 39.5 Å². The van der Waals surface area contributed by atoms with E-state index < -0.39 is 0 Å². The number of furan rings is 1. The van der Waals surface area contributed by atoms with E-state index in [9.17, 15) is 10.1 Å². The summed E-state index contributed by atoms with van der Waals surface area (Å²) in [5.74, 6) is 2.15. The number of nitrogens with zero attached hydrogens (tertiary/aromatic N) is 5. The van der Waals surface area contributed by atoms with E-state index in [1.165, 1.54) is 11.8 Å². The van der Waals surface area contributed by atoms with Crippen molar-refractivity contribution < 1.29 is 9.21 Å². The topological polar surface area (TPSA) is 100.0 Å². The Morgan fingerprint density at radius 3 is 2.88 bits per heavy atom. The third-order valence-electron chi connectivity index (χ3n) is 5.37. The molecule has 2 aromatic heterocycles. The highest BCUT2D eigenvalue weighted by Gasteiger charge is 2.24. The average Bonchev–Trinajstić information content (AvgIpc) is 3.44. The van der Waals surface area contributed by atoms with Gasteiger partial charge in [-0.2, -0.15) is 5.26 Å². The molecule has 1 aliphatic rings. The van der Waals surface area contributed by atoms with Crippen molar-refractivity contribution in [2.45, 2.75) is 31.5 Å². The quantitative estimate of drug-likeness (QED) is 0.510. The molecular formula is C22H23ClN6O2S. The summed E-state index contributed by atoms with van der Waals surface area (Å²) in [6, 6.07) is 10.6. The summed E-state index contributed by atoms with van der Waals surface area (Å²) in [6.07, 6.45) is 3.86. The van der Waals surface area contributed by atoms with Crippen LogP contribution >= 0.6 is 23.4 Å². The van der Waals surface area contributed by atoms with E-state index in [-0.39, 0.29) is 11.7 Å². The Balaban J connectivity index is 1.48. The monoisotopic (exact) mass is 470 g/mol. The predicted molar refractivity (Wildman–Crippen MR) is 124 cm³/mol. The van der Waals surface area contributed by atoms with Gasteiger partial charge in [-0.3, -0.25) is 9.36 Å². The zero-order valence-electron chi connectivity index (χ0n) is 17.6. The van der Waals surface area contributed by atoms with Crippen molar-refractivity contribution in [2.24, 2.45) is 5.92 Å². The molecule has 10 heteroatoms. The standard InChI is InChI=1S/C22H23ClN6O2S/c1-15-6-8-28(9-7-15)21-26-27-22(29(21)13-18-3-2-10-31-18)32-14-20(30)25-19-11-17(23)5-4-16(19)12-24/h2-5,10-11,15H,6-9,13-14H2,1H3,(H,25,30). The third-order valence-corrected chi connectivity index (χ3v) is 6.57. The zero-order valence-corrected chi connectivity index (χ0v) is 19.2. The van der Waals surface area contributed by atoms with Crippen molar-refractivity contribution in [3.8, 4) is 6.07 Å². The van der Waals surface area contributed by atoms with Crippen LogP contribution in [0.2, 0.25) is 5.02 Å². The van der Waals surface area contributed by atoms with Gasteiger partial charge in [0.15, 0.2) is 5.16 Å². The molecule has 0 radical (unpaired) electrons. The van der Waals surface area contributed by atoms with E-state index in [1.807, 2.05) is 16.7 Å². The molecule has 0 atom stereocenters. The van der Waals surface area contributed by atoms with Gasteiger partial charge in [-0.05, 0) is 49.1 Å². The van der Waals surface area contributed by atoms with E-state index in [0.29, 0.717) is 33.9 Å². The molecule has 0 aliphatic carbocycles. The second kappa shape index (κ2) is 10.1. The Hall–Kier alpha value is -2.96. The maximum absolute atomic E-state index is 12.6. The number of aromatic nitrogens is 3. The van der Waals surface area contributed by atoms with Crippen LogP contribution in [0.1, 0.15) is 31.1 Å². The number of carbonyl (C=O) groups is 1. The molecule has 3 heterocycles. The molecule has 0 spiro atoms. The maximum Gasteiger partial charge on any atom is 0.234 e. The first kappa shape index (κ1) is 22.2. The largest absolute Gasteiger partial charge is 0.467 e. The maximum atomic E-state index is 12.6. The Kier molecular flexibility index (Phi) is 7.02. The number of rotatable bonds is 7. The molecule has 1 fully saturated rings. The van der Waals surface area contributed by atoms with Gasteiger partial charge in [-0.25, -0.2) is 0 Å². The van der Waals surface area contributed by atoms with Crippen LogP contribution in [-0.2, 0) is 11.3 Å². The summed E-state index contributed by atoms with van der Waals surface area (Å²) in [7, 11) is 0. The SMILES string of the molecule is CC1CCN(c2nnc(SCC(=O)Nc3cc(Cl)ccc3C#N)n2Cc2ccco2)CC1. The van der Waals surface area contributed by atoms with Gasteiger partial charge in [-0.1, -0.05) is 30.3 Å². The number of nitriles is 1. The molecule has 0 bridgehead atoms. The van der Waals surface area contributed by atoms with Crippen molar-refractivity contribution in [1.29, 1.82) is 5.26 Å². The number of amides is 1. The van der Waals surface area contributed by atoms with Crippen molar-refractivity contribution in [3.05, 3.63) is 52.9 Å². The van der Waals surface area contributed by atoms with E-state index in [1.54, 1.807) is 24.5 Å². The number of thioether (sulfide) groups is 1. The van der Waals surface area contributed by atoms with Gasteiger partial charge in [0.25, 0.3) is 0 Å². The summed E-state index contributed by atoms with van der Waals surface area (Å²) in [6.45, 7) is 4.60. The minimum atomic E-state index is -0.255. The molecule has 1 aromatic carbocycles. The van der Waals surface area contributed by atoms with Crippen molar-refractivity contribution in [1.82, 2.24) is 14.8 Å². The average molecular weight is 471 g/mol. The highest BCUT2D eigenvalue weighted by atomic mass is 35.5. The second-order valence-corrected chi connectivity index (χ2v) is 9.14. The van der Waals surface area contributed by atoms with Gasteiger partial charge in [0.05, 0.1) is 29.8 Å². The van der Waals surface area contributed by atoms with E-state index in [2.05, 4.69) is 33.4 Å². The van der Waals surface area contributed by atoms with Crippen LogP contribution in [0.25, 0.3) is 0 Å². The zero-order chi connectivity index (χ0) is 22.5. The number of nitrogens with one attached hydrogen (secondary N) is 1. The highest BCUT2D eigenvalue weighted by molar-refractivity contribution is 7.99. The van der Waals surface area contributed by atoms with Gasteiger partial charge in [0.1, 0.15) is 11.8 Å². The smallest absolute Gasteiger partial charge is 0.234 e. The lowest BCUT2D eigenvalue weighted by molar-refractivity contribution is -0.113. The lowest BCUT2D eigenvalue weighted by Gasteiger charge is -2.31. The molecule has 0 unspecified atom stereocenters. The Morgan fingerprint density at radius 2 is 2.16 bits per heavy atom. The van der Waals surface area contributed by atoms with Gasteiger partial charge in [0, 0.05) is 18.1 Å². The van der Waals surface area contributed by atoms with Gasteiger partial charge in [0.2, 0.25) is 11.9 Å². The lowest BCUT2D eigenvalue weighted by atomic mass is 10.00. The first-order valence-electron chi connectivity index (χ1n) is 10.4. The third kappa shape index (κ3) is 5.26. The number of piperidine rings is 1. The molecule has 4 rings (SSSR count). The first-order valence-corrected chi connectivity index (χ1v) is 11.7. The highest BCUT2D eigenvalue weighted by Crippen LogP contribution is 2.27. The van der Waals surface area contributed by atoms with Crippen LogP contribution in [0.5, 0.6) is 0 Å². The number of hydrogen-bond donors (Lipinski definition) is 1. The number of halogens is 1. The van der Waals surface area contributed by atoms with Gasteiger partial charge >= 0.3 is 0 Å². The molecular weight excluding hydrogens is 448 g/mol. The van der Waals surface area contributed by atoms with Crippen LogP contribution in [0.15, 0.2) is 46.2 Å². The molecule has 166 valence electrons. The van der Waals surface area contributed by atoms with E-state index in [4.69, 9.17) is 16.0 Å². The number of hydrogen-bond acceptors (Lipinski definition) is 7. The lowest BCUT2D eigenvalue weighted by Crippen LogP contribution is -2.35. The number of carbonyl (C=O) groups excluding carboxylic acids is 1. The van der Waals surface area contributed by atoms with Crippen LogP contribution in [0, 0.1) is 17.2 Å². The summed E-state index contributed by atoms with van der Waals surface area (Å²) >= 11 is 7.30. The molecule has 32 heavy (non-hydrogen) atoms. The fourth-order valence-electron chi connectivity index (χ4n) is 3.56. The summed E-state index contributed by atoms with van der Waals surface area (Å²) in [4.78, 5) is 14.8.